The van der Waals surface area contributed by atoms with Gasteiger partial charge in [0.25, 0.3) is 0 Å². The second kappa shape index (κ2) is 3.64. The van der Waals surface area contributed by atoms with Gasteiger partial charge in [-0.1, -0.05) is 36.8 Å². The van der Waals surface area contributed by atoms with Gasteiger partial charge in [-0.05, 0) is 42.6 Å². The third-order valence-corrected chi connectivity index (χ3v) is 4.34. The van der Waals surface area contributed by atoms with E-state index in [1.165, 1.54) is 25.7 Å². The average molecular weight is 202 g/mol. The minimum atomic E-state index is -0.221. The fourth-order valence-corrected chi connectivity index (χ4v) is 3.58. The number of hydrogen-bond acceptors (Lipinski definition) is 1. The van der Waals surface area contributed by atoms with E-state index in [4.69, 9.17) is 0 Å². The third-order valence-electron chi connectivity index (χ3n) is 4.34. The Morgan fingerprint density at radius 2 is 1.87 bits per heavy atom. The van der Waals surface area contributed by atoms with Crippen LogP contribution >= 0.6 is 0 Å². The van der Waals surface area contributed by atoms with Crippen molar-refractivity contribution in [2.75, 3.05) is 0 Å². The monoisotopic (exact) mass is 202 g/mol. The largest absolute Gasteiger partial charge is 0.388 e. The van der Waals surface area contributed by atoms with Gasteiger partial charge in [0.05, 0.1) is 6.10 Å². The quantitative estimate of drug-likeness (QED) is 0.781. The summed E-state index contributed by atoms with van der Waals surface area (Å²) in [5.74, 6) is 2.25. The zero-order valence-electron chi connectivity index (χ0n) is 8.97. The molecule has 0 aliphatic heterocycles. The summed E-state index contributed by atoms with van der Waals surface area (Å²) in [6, 6.07) is 10.2. The molecule has 2 aliphatic rings. The molecule has 4 unspecified atom stereocenters. The summed E-state index contributed by atoms with van der Waals surface area (Å²) in [7, 11) is 0. The Bertz CT molecular complexity index is 332. The van der Waals surface area contributed by atoms with E-state index in [-0.39, 0.29) is 6.10 Å². The van der Waals surface area contributed by atoms with Gasteiger partial charge in [-0.15, -0.1) is 0 Å². The highest BCUT2D eigenvalue weighted by molar-refractivity contribution is 5.19. The fraction of sp³-hybridized carbons (Fsp3) is 0.571. The van der Waals surface area contributed by atoms with E-state index in [0.717, 1.165) is 17.4 Å². The SMILES string of the molecule is OC(c1ccccc1)C1CC2CCC1C2. The van der Waals surface area contributed by atoms with Gasteiger partial charge in [-0.3, -0.25) is 0 Å². The Morgan fingerprint density at radius 1 is 1.07 bits per heavy atom. The van der Waals surface area contributed by atoms with Crippen LogP contribution in [0.15, 0.2) is 30.3 Å². The molecule has 2 fully saturated rings. The summed E-state index contributed by atoms with van der Waals surface area (Å²) >= 11 is 0. The van der Waals surface area contributed by atoms with Crippen molar-refractivity contribution in [3.05, 3.63) is 35.9 Å². The van der Waals surface area contributed by atoms with Crippen molar-refractivity contribution in [1.82, 2.24) is 0 Å². The van der Waals surface area contributed by atoms with Crippen LogP contribution in [0.3, 0.4) is 0 Å². The van der Waals surface area contributed by atoms with E-state index in [1.807, 2.05) is 18.2 Å². The van der Waals surface area contributed by atoms with Crippen molar-refractivity contribution < 1.29 is 5.11 Å². The van der Waals surface area contributed by atoms with Crippen LogP contribution in [0.4, 0.5) is 0 Å². The van der Waals surface area contributed by atoms with Gasteiger partial charge in [0.2, 0.25) is 0 Å². The molecule has 0 aromatic heterocycles. The van der Waals surface area contributed by atoms with Gasteiger partial charge in [-0.25, -0.2) is 0 Å². The minimum Gasteiger partial charge on any atom is -0.388 e. The molecule has 1 N–H and O–H groups in total. The second-order valence-electron chi connectivity index (χ2n) is 5.19. The number of fused-ring (bicyclic) bond motifs is 2. The first-order chi connectivity index (χ1) is 7.34. The highest BCUT2D eigenvalue weighted by Gasteiger charge is 2.42. The number of benzene rings is 1. The smallest absolute Gasteiger partial charge is 0.0820 e. The second-order valence-corrected chi connectivity index (χ2v) is 5.19. The molecule has 4 atom stereocenters. The van der Waals surface area contributed by atoms with E-state index in [9.17, 15) is 5.11 Å². The van der Waals surface area contributed by atoms with Gasteiger partial charge in [0.15, 0.2) is 0 Å². The predicted octanol–water partition coefficient (Wildman–Crippen LogP) is 3.16. The molecule has 1 aromatic carbocycles. The summed E-state index contributed by atoms with van der Waals surface area (Å²) in [5.41, 5.74) is 1.11. The number of aliphatic hydroxyl groups excluding tert-OH is 1. The van der Waals surface area contributed by atoms with Crippen LogP contribution in [-0.2, 0) is 0 Å². The molecule has 80 valence electrons. The molecule has 0 heterocycles. The average Bonchev–Trinajstić information content (AvgIpc) is 2.91. The van der Waals surface area contributed by atoms with Gasteiger partial charge >= 0.3 is 0 Å². The summed E-state index contributed by atoms with van der Waals surface area (Å²) < 4.78 is 0. The van der Waals surface area contributed by atoms with Crippen molar-refractivity contribution in [1.29, 1.82) is 0 Å². The van der Waals surface area contributed by atoms with E-state index in [0.29, 0.717) is 5.92 Å². The van der Waals surface area contributed by atoms with E-state index in [2.05, 4.69) is 12.1 Å². The maximum Gasteiger partial charge on any atom is 0.0820 e. The molecule has 0 radical (unpaired) electrons. The Hall–Kier alpha value is -0.820. The molecule has 1 nitrogen and oxygen atoms in total. The van der Waals surface area contributed by atoms with Gasteiger partial charge in [-0.2, -0.15) is 0 Å². The van der Waals surface area contributed by atoms with Crippen LogP contribution in [0.1, 0.15) is 37.4 Å². The fourth-order valence-electron chi connectivity index (χ4n) is 3.58. The zero-order valence-corrected chi connectivity index (χ0v) is 8.97. The van der Waals surface area contributed by atoms with Crippen LogP contribution in [0.5, 0.6) is 0 Å². The Morgan fingerprint density at radius 3 is 2.47 bits per heavy atom. The standard InChI is InChI=1S/C14H18O/c15-14(11-4-2-1-3-5-11)13-9-10-6-7-12(13)8-10/h1-5,10,12-15H,6-9H2. The summed E-state index contributed by atoms with van der Waals surface area (Å²) in [4.78, 5) is 0. The third kappa shape index (κ3) is 1.59. The first-order valence-corrected chi connectivity index (χ1v) is 6.07. The molecular weight excluding hydrogens is 184 g/mol. The highest BCUT2D eigenvalue weighted by Crippen LogP contribution is 2.52. The lowest BCUT2D eigenvalue weighted by Gasteiger charge is -2.26. The van der Waals surface area contributed by atoms with Gasteiger partial charge < -0.3 is 5.11 Å². The lowest BCUT2D eigenvalue weighted by Crippen LogP contribution is -2.19. The van der Waals surface area contributed by atoms with Crippen molar-refractivity contribution in [3.8, 4) is 0 Å². The molecule has 2 aliphatic carbocycles. The van der Waals surface area contributed by atoms with Crippen molar-refractivity contribution in [2.24, 2.45) is 17.8 Å². The molecule has 0 amide bonds. The molecule has 2 saturated carbocycles. The Kier molecular flexibility index (Phi) is 2.28. The molecule has 3 rings (SSSR count). The Labute approximate surface area is 91.1 Å². The summed E-state index contributed by atoms with van der Waals surface area (Å²) in [6.07, 6.45) is 5.15. The van der Waals surface area contributed by atoms with Crippen molar-refractivity contribution in [3.63, 3.8) is 0 Å². The number of rotatable bonds is 2. The van der Waals surface area contributed by atoms with E-state index < -0.39 is 0 Å². The van der Waals surface area contributed by atoms with Crippen LogP contribution in [0.2, 0.25) is 0 Å². The molecule has 1 aromatic rings. The van der Waals surface area contributed by atoms with Crippen LogP contribution in [0, 0.1) is 17.8 Å². The molecule has 1 heteroatoms. The first-order valence-electron chi connectivity index (χ1n) is 6.07. The topological polar surface area (TPSA) is 20.2 Å². The highest BCUT2D eigenvalue weighted by atomic mass is 16.3. The predicted molar refractivity (Wildman–Crippen MR) is 60.3 cm³/mol. The lowest BCUT2D eigenvalue weighted by atomic mass is 9.82. The number of hydrogen-bond donors (Lipinski definition) is 1. The normalized spacial score (nSPS) is 35.7. The van der Waals surface area contributed by atoms with Crippen LogP contribution in [0.25, 0.3) is 0 Å². The molecule has 0 saturated heterocycles. The summed E-state index contributed by atoms with van der Waals surface area (Å²) in [5, 5.41) is 10.3. The van der Waals surface area contributed by atoms with E-state index >= 15 is 0 Å². The maximum absolute atomic E-state index is 10.3. The van der Waals surface area contributed by atoms with Crippen molar-refractivity contribution >= 4 is 0 Å². The molecular formula is C14H18O. The van der Waals surface area contributed by atoms with Crippen LogP contribution < -0.4 is 0 Å². The van der Waals surface area contributed by atoms with E-state index in [1.54, 1.807) is 0 Å². The first kappa shape index (κ1) is 9.41. The maximum atomic E-state index is 10.3. The Balaban J connectivity index is 1.78. The van der Waals surface area contributed by atoms with Gasteiger partial charge in [0.1, 0.15) is 0 Å². The van der Waals surface area contributed by atoms with Crippen molar-refractivity contribution in [2.45, 2.75) is 31.8 Å². The molecule has 0 spiro atoms. The lowest BCUT2D eigenvalue weighted by molar-refractivity contribution is 0.0745. The van der Waals surface area contributed by atoms with Gasteiger partial charge in [0, 0.05) is 0 Å². The minimum absolute atomic E-state index is 0.221. The zero-order chi connectivity index (χ0) is 10.3. The number of aliphatic hydroxyl groups is 1. The molecule has 2 bridgehead atoms. The molecule has 15 heavy (non-hydrogen) atoms. The van der Waals surface area contributed by atoms with Crippen LogP contribution in [-0.4, -0.2) is 5.11 Å². The summed E-state index contributed by atoms with van der Waals surface area (Å²) in [6.45, 7) is 0.